The van der Waals surface area contributed by atoms with Crippen LogP contribution in [0.25, 0.3) is 6.08 Å². The van der Waals surface area contributed by atoms with Gasteiger partial charge in [0.15, 0.2) is 28.8 Å². The number of hydrogen-bond donors (Lipinski definition) is 0. The van der Waals surface area contributed by atoms with Gasteiger partial charge in [0.25, 0.3) is 0 Å². The highest BCUT2D eigenvalue weighted by molar-refractivity contribution is 6.07. The van der Waals surface area contributed by atoms with Gasteiger partial charge in [0.05, 0.1) is 27.9 Å². The first-order valence-corrected chi connectivity index (χ1v) is 9.94. The molecule has 3 rings (SSSR count). The lowest BCUT2D eigenvalue weighted by Crippen LogP contribution is -2.02. The van der Waals surface area contributed by atoms with Crippen LogP contribution in [0.3, 0.4) is 0 Å². The molecule has 0 fully saturated rings. The van der Waals surface area contributed by atoms with Gasteiger partial charge in [0.1, 0.15) is 0 Å². The Balaban J connectivity index is 1.66. The quantitative estimate of drug-likeness (QED) is 0.333. The lowest BCUT2D eigenvalue weighted by atomic mass is 10.1. The second-order valence-corrected chi connectivity index (χ2v) is 6.76. The first kappa shape index (κ1) is 22.0. The van der Waals surface area contributed by atoms with Gasteiger partial charge in [0.2, 0.25) is 0 Å². The summed E-state index contributed by atoms with van der Waals surface area (Å²) in [5, 5.41) is 0. The van der Waals surface area contributed by atoms with Gasteiger partial charge in [-0.3, -0.25) is 4.79 Å². The Kier molecular flexibility index (Phi) is 7.71. The van der Waals surface area contributed by atoms with Crippen molar-refractivity contribution >= 4 is 11.9 Å². The molecule has 3 aromatic carbocycles. The van der Waals surface area contributed by atoms with Crippen molar-refractivity contribution in [3.05, 3.63) is 89.5 Å². The second kappa shape index (κ2) is 10.9. The molecule has 0 saturated heterocycles. The Hall–Kier alpha value is -3.73. The fourth-order valence-corrected chi connectivity index (χ4v) is 3.09. The molecule has 0 bridgehead atoms. The Morgan fingerprint density at radius 1 is 0.774 bits per heavy atom. The first-order valence-electron chi connectivity index (χ1n) is 9.94. The van der Waals surface area contributed by atoms with Gasteiger partial charge in [-0.2, -0.15) is 0 Å². The molecule has 0 aromatic heterocycles. The number of allylic oxidation sites excluding steroid dienone is 1. The highest BCUT2D eigenvalue weighted by Gasteiger charge is 2.09. The fourth-order valence-electron chi connectivity index (χ4n) is 3.09. The number of carbonyl (C=O) groups excluding carboxylic acids is 1. The number of rotatable bonds is 10. The summed E-state index contributed by atoms with van der Waals surface area (Å²) < 4.78 is 21.8. The number of ketones is 1. The minimum absolute atomic E-state index is 0.136. The molecule has 0 aliphatic carbocycles. The van der Waals surface area contributed by atoms with Crippen molar-refractivity contribution in [2.45, 2.75) is 6.42 Å². The Bertz CT molecular complexity index is 1040. The third-order valence-electron chi connectivity index (χ3n) is 4.77. The second-order valence-electron chi connectivity index (χ2n) is 6.76. The summed E-state index contributed by atoms with van der Waals surface area (Å²) in [4.78, 5) is 12.5. The van der Waals surface area contributed by atoms with Crippen molar-refractivity contribution in [2.24, 2.45) is 0 Å². The van der Waals surface area contributed by atoms with Gasteiger partial charge >= 0.3 is 0 Å². The molecule has 0 spiro atoms. The molecule has 0 N–H and O–H groups in total. The molecular weight excluding hydrogens is 392 g/mol. The van der Waals surface area contributed by atoms with Crippen molar-refractivity contribution < 1.29 is 23.7 Å². The number of benzene rings is 3. The summed E-state index contributed by atoms with van der Waals surface area (Å²) in [5.74, 6) is 2.25. The number of carbonyl (C=O) groups is 1. The van der Waals surface area contributed by atoms with Gasteiger partial charge in [0, 0.05) is 12.0 Å². The molecule has 0 saturated carbocycles. The molecule has 5 nitrogen and oxygen atoms in total. The number of methoxy groups -OCH3 is 3. The molecule has 31 heavy (non-hydrogen) atoms. The number of hydrogen-bond acceptors (Lipinski definition) is 5. The lowest BCUT2D eigenvalue weighted by molar-refractivity contribution is 0.104. The zero-order chi connectivity index (χ0) is 22.1. The molecule has 0 aliphatic heterocycles. The number of ether oxygens (including phenoxy) is 4. The highest BCUT2D eigenvalue weighted by Crippen LogP contribution is 2.30. The van der Waals surface area contributed by atoms with Crippen LogP contribution >= 0.6 is 0 Å². The molecule has 5 heteroatoms. The molecule has 0 atom stereocenters. The summed E-state index contributed by atoms with van der Waals surface area (Å²) >= 11 is 0. The van der Waals surface area contributed by atoms with Gasteiger partial charge in [-0.15, -0.1) is 0 Å². The van der Waals surface area contributed by atoms with Gasteiger partial charge in [-0.05, 0) is 47.5 Å². The van der Waals surface area contributed by atoms with E-state index in [2.05, 4.69) is 12.1 Å². The largest absolute Gasteiger partial charge is 0.493 e. The van der Waals surface area contributed by atoms with E-state index in [-0.39, 0.29) is 5.78 Å². The maximum absolute atomic E-state index is 12.5. The first-order chi connectivity index (χ1) is 15.1. The van der Waals surface area contributed by atoms with Gasteiger partial charge in [-0.1, -0.05) is 42.5 Å². The van der Waals surface area contributed by atoms with Crippen molar-refractivity contribution in [1.82, 2.24) is 0 Å². The van der Waals surface area contributed by atoms with Gasteiger partial charge in [-0.25, -0.2) is 0 Å². The Labute approximate surface area is 182 Å². The van der Waals surface area contributed by atoms with E-state index in [1.54, 1.807) is 38.5 Å². The van der Waals surface area contributed by atoms with Crippen LogP contribution in [0.5, 0.6) is 23.0 Å². The van der Waals surface area contributed by atoms with Crippen molar-refractivity contribution in [3.8, 4) is 23.0 Å². The topological polar surface area (TPSA) is 54.0 Å². The third-order valence-corrected chi connectivity index (χ3v) is 4.77. The zero-order valence-electron chi connectivity index (χ0n) is 18.0. The van der Waals surface area contributed by atoms with E-state index >= 15 is 0 Å². The highest BCUT2D eigenvalue weighted by atomic mass is 16.5. The van der Waals surface area contributed by atoms with Crippen molar-refractivity contribution in [2.75, 3.05) is 27.9 Å². The third kappa shape index (κ3) is 5.89. The summed E-state index contributed by atoms with van der Waals surface area (Å²) in [6.45, 7) is 0.549. The van der Waals surface area contributed by atoms with Crippen LogP contribution in [0.4, 0.5) is 0 Å². The summed E-state index contributed by atoms with van der Waals surface area (Å²) in [7, 11) is 4.70. The van der Waals surface area contributed by atoms with E-state index < -0.39 is 0 Å². The molecule has 0 unspecified atom stereocenters. The van der Waals surface area contributed by atoms with Crippen LogP contribution in [0.2, 0.25) is 0 Å². The zero-order valence-corrected chi connectivity index (χ0v) is 18.0. The van der Waals surface area contributed by atoms with E-state index in [9.17, 15) is 4.79 Å². The van der Waals surface area contributed by atoms with Crippen molar-refractivity contribution in [3.63, 3.8) is 0 Å². The summed E-state index contributed by atoms with van der Waals surface area (Å²) in [6, 6.07) is 20.8. The monoisotopic (exact) mass is 418 g/mol. The van der Waals surface area contributed by atoms with Crippen LogP contribution in [-0.4, -0.2) is 33.7 Å². The van der Waals surface area contributed by atoms with Crippen molar-refractivity contribution in [1.29, 1.82) is 0 Å². The fraction of sp³-hybridized carbons (Fsp3) is 0.192. The average Bonchev–Trinajstić information content (AvgIpc) is 2.83. The molecule has 0 radical (unpaired) electrons. The smallest absolute Gasteiger partial charge is 0.185 e. The molecule has 160 valence electrons. The van der Waals surface area contributed by atoms with E-state index in [0.29, 0.717) is 35.2 Å². The lowest BCUT2D eigenvalue weighted by Gasteiger charge is -2.11. The molecule has 0 heterocycles. The molecule has 0 amide bonds. The maximum atomic E-state index is 12.5. The molecule has 0 aliphatic rings. The molecular formula is C26H26O5. The van der Waals surface area contributed by atoms with Crippen LogP contribution < -0.4 is 18.9 Å². The van der Waals surface area contributed by atoms with E-state index in [0.717, 1.165) is 12.0 Å². The van der Waals surface area contributed by atoms with E-state index in [1.165, 1.54) is 18.7 Å². The summed E-state index contributed by atoms with van der Waals surface area (Å²) in [6.07, 6.45) is 4.08. The SMILES string of the molecule is COc1ccc(C(=O)/C=C/c2ccc(OCCc3ccccc3)c(OC)c2)cc1OC. The minimum atomic E-state index is -0.136. The average molecular weight is 418 g/mol. The summed E-state index contributed by atoms with van der Waals surface area (Å²) in [5.41, 5.74) is 2.57. The van der Waals surface area contributed by atoms with Crippen LogP contribution in [0.1, 0.15) is 21.5 Å². The van der Waals surface area contributed by atoms with Crippen LogP contribution in [-0.2, 0) is 6.42 Å². The predicted octanol–water partition coefficient (Wildman–Crippen LogP) is 5.23. The van der Waals surface area contributed by atoms with E-state index in [4.69, 9.17) is 18.9 Å². The van der Waals surface area contributed by atoms with Crippen LogP contribution in [0, 0.1) is 0 Å². The standard InChI is InChI=1S/C26H26O5/c1-28-23-14-11-21(18-26(23)30-3)22(27)12-9-20-10-13-24(25(17-20)29-2)31-16-15-19-7-5-4-6-8-19/h4-14,17-18H,15-16H2,1-3H3/b12-9+. The Morgan fingerprint density at radius 2 is 1.45 bits per heavy atom. The van der Waals surface area contributed by atoms with Crippen LogP contribution in [0.15, 0.2) is 72.8 Å². The van der Waals surface area contributed by atoms with Gasteiger partial charge < -0.3 is 18.9 Å². The Morgan fingerprint density at radius 3 is 2.16 bits per heavy atom. The predicted molar refractivity (Wildman–Crippen MR) is 122 cm³/mol. The maximum Gasteiger partial charge on any atom is 0.185 e. The van der Waals surface area contributed by atoms with E-state index in [1.807, 2.05) is 36.4 Å². The molecule has 3 aromatic rings. The minimum Gasteiger partial charge on any atom is -0.493 e. The normalized spacial score (nSPS) is 10.7.